The molecule has 0 heterocycles. The number of aliphatic hydroxyl groups is 1. The lowest BCUT2D eigenvalue weighted by Crippen LogP contribution is -2.55. The summed E-state index contributed by atoms with van der Waals surface area (Å²) in [6.07, 6.45) is 6.24. The van der Waals surface area contributed by atoms with Crippen molar-refractivity contribution in [1.29, 1.82) is 0 Å². The first-order valence-electron chi connectivity index (χ1n) is 5.65. The van der Waals surface area contributed by atoms with Gasteiger partial charge in [0.1, 0.15) is 0 Å². The molecule has 0 radical (unpaired) electrons. The van der Waals surface area contributed by atoms with E-state index in [1.54, 1.807) is 0 Å². The zero-order chi connectivity index (χ0) is 10.6. The van der Waals surface area contributed by atoms with Crippen LogP contribution in [0.1, 0.15) is 32.1 Å². The number of hydrogen-bond acceptors (Lipinski definition) is 3. The van der Waals surface area contributed by atoms with Crippen molar-refractivity contribution in [2.24, 2.45) is 11.7 Å². The predicted molar refractivity (Wildman–Crippen MR) is 59.1 cm³/mol. The standard InChI is InChI=1S/C11H24N2O/c1-13(2)11(10(8-12)9-14)6-4-3-5-7-11/h10,14H,3-9,12H2,1-2H3. The van der Waals surface area contributed by atoms with Crippen LogP contribution < -0.4 is 5.73 Å². The summed E-state index contributed by atoms with van der Waals surface area (Å²) in [4.78, 5) is 2.28. The molecule has 0 saturated heterocycles. The molecule has 0 amide bonds. The van der Waals surface area contributed by atoms with E-state index in [1.165, 1.54) is 32.1 Å². The number of hydrogen-bond donors (Lipinski definition) is 2. The fraction of sp³-hybridized carbons (Fsp3) is 1.00. The van der Waals surface area contributed by atoms with Gasteiger partial charge in [0.25, 0.3) is 0 Å². The van der Waals surface area contributed by atoms with E-state index in [9.17, 15) is 5.11 Å². The summed E-state index contributed by atoms with van der Waals surface area (Å²) in [5, 5.41) is 9.39. The molecule has 0 aromatic heterocycles. The molecule has 1 atom stereocenters. The SMILES string of the molecule is CN(C)C1(C(CN)CO)CCCCC1. The molecule has 0 spiro atoms. The lowest BCUT2D eigenvalue weighted by molar-refractivity contribution is 0.0130. The number of nitrogens with two attached hydrogens (primary N) is 1. The Morgan fingerprint density at radius 1 is 1.29 bits per heavy atom. The van der Waals surface area contributed by atoms with Crippen LogP contribution >= 0.6 is 0 Å². The number of aliphatic hydroxyl groups excluding tert-OH is 1. The fourth-order valence-electron chi connectivity index (χ4n) is 2.85. The molecule has 1 aliphatic rings. The van der Waals surface area contributed by atoms with Gasteiger partial charge in [-0.2, -0.15) is 0 Å². The molecule has 3 N–H and O–H groups in total. The molecule has 1 saturated carbocycles. The Morgan fingerprint density at radius 3 is 2.21 bits per heavy atom. The van der Waals surface area contributed by atoms with Crippen molar-refractivity contribution in [3.8, 4) is 0 Å². The van der Waals surface area contributed by atoms with E-state index in [0.29, 0.717) is 6.54 Å². The van der Waals surface area contributed by atoms with Crippen molar-refractivity contribution in [2.75, 3.05) is 27.2 Å². The summed E-state index contributed by atoms with van der Waals surface area (Å²) in [7, 11) is 4.23. The average Bonchev–Trinajstić information content (AvgIpc) is 2.21. The molecule has 0 aromatic carbocycles. The van der Waals surface area contributed by atoms with E-state index in [4.69, 9.17) is 5.73 Å². The molecule has 1 aliphatic carbocycles. The first-order valence-corrected chi connectivity index (χ1v) is 5.65. The van der Waals surface area contributed by atoms with Crippen molar-refractivity contribution in [2.45, 2.75) is 37.6 Å². The van der Waals surface area contributed by atoms with E-state index in [-0.39, 0.29) is 18.1 Å². The molecule has 1 unspecified atom stereocenters. The Morgan fingerprint density at radius 2 is 1.86 bits per heavy atom. The van der Waals surface area contributed by atoms with Crippen LogP contribution in [-0.2, 0) is 0 Å². The molecule has 1 rings (SSSR count). The van der Waals surface area contributed by atoms with Crippen LogP contribution in [0.2, 0.25) is 0 Å². The molecule has 0 aromatic rings. The maximum absolute atomic E-state index is 9.39. The van der Waals surface area contributed by atoms with Crippen molar-refractivity contribution >= 4 is 0 Å². The van der Waals surface area contributed by atoms with Crippen molar-refractivity contribution in [3.05, 3.63) is 0 Å². The maximum atomic E-state index is 9.39. The summed E-state index contributed by atoms with van der Waals surface area (Å²) in [6, 6.07) is 0. The third kappa shape index (κ3) is 2.10. The second-order valence-electron chi connectivity index (χ2n) is 4.67. The second kappa shape index (κ2) is 5.10. The van der Waals surface area contributed by atoms with Crippen LogP contribution in [0.4, 0.5) is 0 Å². The average molecular weight is 200 g/mol. The maximum Gasteiger partial charge on any atom is 0.0489 e. The minimum atomic E-state index is 0.155. The van der Waals surface area contributed by atoms with Crippen molar-refractivity contribution < 1.29 is 5.11 Å². The van der Waals surface area contributed by atoms with Gasteiger partial charge in [-0.1, -0.05) is 19.3 Å². The molecule has 3 nitrogen and oxygen atoms in total. The highest BCUT2D eigenvalue weighted by molar-refractivity contribution is 4.96. The third-order valence-corrected chi connectivity index (χ3v) is 3.87. The van der Waals surface area contributed by atoms with E-state index in [0.717, 1.165) is 0 Å². The van der Waals surface area contributed by atoms with Crippen LogP contribution in [0, 0.1) is 5.92 Å². The molecular weight excluding hydrogens is 176 g/mol. The Kier molecular flexibility index (Phi) is 4.35. The van der Waals surface area contributed by atoms with Gasteiger partial charge in [0.2, 0.25) is 0 Å². The van der Waals surface area contributed by atoms with E-state index in [1.807, 2.05) is 0 Å². The lowest BCUT2D eigenvalue weighted by atomic mass is 9.72. The summed E-state index contributed by atoms with van der Waals surface area (Å²) in [5.74, 6) is 0.234. The lowest BCUT2D eigenvalue weighted by Gasteiger charge is -2.47. The molecule has 3 heteroatoms. The molecule has 0 bridgehead atoms. The largest absolute Gasteiger partial charge is 0.396 e. The van der Waals surface area contributed by atoms with E-state index >= 15 is 0 Å². The minimum absolute atomic E-state index is 0.155. The van der Waals surface area contributed by atoms with Gasteiger partial charge >= 0.3 is 0 Å². The first-order chi connectivity index (χ1) is 6.67. The molecule has 84 valence electrons. The van der Waals surface area contributed by atoms with Crippen molar-refractivity contribution in [3.63, 3.8) is 0 Å². The van der Waals surface area contributed by atoms with E-state index < -0.39 is 0 Å². The zero-order valence-corrected chi connectivity index (χ0v) is 9.50. The van der Waals surface area contributed by atoms with Crippen molar-refractivity contribution in [1.82, 2.24) is 4.90 Å². The summed E-state index contributed by atoms with van der Waals surface area (Å²) >= 11 is 0. The van der Waals surface area contributed by atoms with Gasteiger partial charge in [-0.25, -0.2) is 0 Å². The monoisotopic (exact) mass is 200 g/mol. The van der Waals surface area contributed by atoms with Gasteiger partial charge in [-0.15, -0.1) is 0 Å². The zero-order valence-electron chi connectivity index (χ0n) is 9.50. The van der Waals surface area contributed by atoms with Crippen LogP contribution in [0.25, 0.3) is 0 Å². The Balaban J connectivity index is 2.78. The van der Waals surface area contributed by atoms with Gasteiger partial charge in [-0.05, 0) is 33.5 Å². The summed E-state index contributed by atoms with van der Waals surface area (Å²) in [6.45, 7) is 0.809. The Labute approximate surface area is 87.3 Å². The van der Waals surface area contributed by atoms with Gasteiger partial charge in [0.15, 0.2) is 0 Å². The van der Waals surface area contributed by atoms with Crippen LogP contribution in [0.15, 0.2) is 0 Å². The molecule has 14 heavy (non-hydrogen) atoms. The van der Waals surface area contributed by atoms with Gasteiger partial charge in [0.05, 0.1) is 0 Å². The number of rotatable bonds is 4. The summed E-state index contributed by atoms with van der Waals surface area (Å²) in [5.41, 5.74) is 5.90. The number of nitrogens with zero attached hydrogens (tertiary/aromatic N) is 1. The fourth-order valence-corrected chi connectivity index (χ4v) is 2.85. The van der Waals surface area contributed by atoms with Gasteiger partial charge in [-0.3, -0.25) is 0 Å². The molecular formula is C11H24N2O. The van der Waals surface area contributed by atoms with Crippen LogP contribution in [-0.4, -0.2) is 42.8 Å². The predicted octanol–water partition coefficient (Wildman–Crippen LogP) is 0.818. The van der Waals surface area contributed by atoms with Crippen LogP contribution in [0.5, 0.6) is 0 Å². The Bertz CT molecular complexity index is 161. The summed E-state index contributed by atoms with van der Waals surface area (Å²) < 4.78 is 0. The topological polar surface area (TPSA) is 49.5 Å². The third-order valence-electron chi connectivity index (χ3n) is 3.87. The molecule has 1 fully saturated rings. The molecule has 0 aliphatic heterocycles. The smallest absolute Gasteiger partial charge is 0.0489 e. The quantitative estimate of drug-likeness (QED) is 0.706. The highest BCUT2D eigenvalue weighted by atomic mass is 16.3. The highest BCUT2D eigenvalue weighted by Gasteiger charge is 2.40. The minimum Gasteiger partial charge on any atom is -0.396 e. The van der Waals surface area contributed by atoms with Crippen LogP contribution in [0.3, 0.4) is 0 Å². The Hall–Kier alpha value is -0.120. The van der Waals surface area contributed by atoms with E-state index in [2.05, 4.69) is 19.0 Å². The van der Waals surface area contributed by atoms with Gasteiger partial charge < -0.3 is 15.7 Å². The normalized spacial score (nSPS) is 23.8. The second-order valence-corrected chi connectivity index (χ2v) is 4.67. The first kappa shape index (κ1) is 12.0. The highest BCUT2D eigenvalue weighted by Crippen LogP contribution is 2.37. The van der Waals surface area contributed by atoms with Gasteiger partial charge in [0, 0.05) is 18.1 Å².